The van der Waals surface area contributed by atoms with Crippen LogP contribution >= 0.6 is 0 Å². The zero-order valence-corrected chi connectivity index (χ0v) is 15.7. The van der Waals surface area contributed by atoms with Crippen LogP contribution in [0.5, 0.6) is 0 Å². The maximum absolute atomic E-state index is 14.7. The summed E-state index contributed by atoms with van der Waals surface area (Å²) in [6.45, 7) is 2.47. The number of piperidine rings is 1. The molecule has 1 fully saturated rings. The van der Waals surface area contributed by atoms with Gasteiger partial charge in [-0.2, -0.15) is 0 Å². The Bertz CT molecular complexity index is 877. The number of hydrogen-bond acceptors (Lipinski definition) is 3. The molecule has 2 N–H and O–H groups in total. The highest BCUT2D eigenvalue weighted by Crippen LogP contribution is 2.26. The van der Waals surface area contributed by atoms with Gasteiger partial charge in [-0.25, -0.2) is 4.39 Å². The fraction of sp³-hybridized carbons (Fsp3) is 0.364. The molecule has 0 aliphatic carbocycles. The third-order valence-electron chi connectivity index (χ3n) is 5.64. The van der Waals surface area contributed by atoms with Crippen LogP contribution < -0.4 is 10.6 Å². The highest BCUT2D eigenvalue weighted by Gasteiger charge is 2.28. The topological polar surface area (TPSA) is 61.4 Å². The van der Waals surface area contributed by atoms with Crippen molar-refractivity contribution < 1.29 is 14.0 Å². The molecule has 146 valence electrons. The highest BCUT2D eigenvalue weighted by molar-refractivity contribution is 5.95. The summed E-state index contributed by atoms with van der Waals surface area (Å²) >= 11 is 0. The fourth-order valence-electron chi connectivity index (χ4n) is 3.97. The number of benzene rings is 2. The van der Waals surface area contributed by atoms with Gasteiger partial charge in [0, 0.05) is 31.1 Å². The second-order valence-electron chi connectivity index (χ2n) is 7.41. The second kappa shape index (κ2) is 8.10. The molecule has 0 atom stereocenters. The first-order valence-corrected chi connectivity index (χ1v) is 9.79. The van der Waals surface area contributed by atoms with Crippen LogP contribution in [0.25, 0.3) is 0 Å². The van der Waals surface area contributed by atoms with Crippen LogP contribution in [0.4, 0.5) is 10.1 Å². The molecule has 2 amide bonds. The molecule has 6 heteroatoms. The van der Waals surface area contributed by atoms with E-state index in [0.717, 1.165) is 12.1 Å². The number of carbonyl (C=O) groups excluding carboxylic acids is 2. The van der Waals surface area contributed by atoms with Crippen LogP contribution in [-0.4, -0.2) is 36.3 Å². The van der Waals surface area contributed by atoms with Crippen LogP contribution in [0.1, 0.15) is 34.3 Å². The summed E-state index contributed by atoms with van der Waals surface area (Å²) in [5.74, 6) is -0.700. The minimum absolute atomic E-state index is 0.00574. The normalized spacial score (nSPS) is 17.1. The molecule has 28 heavy (non-hydrogen) atoms. The number of rotatable bonds is 3. The molecule has 0 aromatic heterocycles. The summed E-state index contributed by atoms with van der Waals surface area (Å²) in [5, 5.41) is 5.99. The molecule has 0 bridgehead atoms. The zero-order chi connectivity index (χ0) is 19.5. The Morgan fingerprint density at radius 2 is 1.82 bits per heavy atom. The average Bonchev–Trinajstić information content (AvgIpc) is 2.76. The Labute approximate surface area is 163 Å². The van der Waals surface area contributed by atoms with Gasteiger partial charge in [0.25, 0.3) is 5.91 Å². The van der Waals surface area contributed by atoms with Crippen molar-refractivity contribution in [1.82, 2.24) is 10.2 Å². The van der Waals surface area contributed by atoms with Crippen molar-refractivity contribution in [3.05, 3.63) is 65.0 Å². The number of carbonyl (C=O) groups is 2. The van der Waals surface area contributed by atoms with Crippen LogP contribution in [0, 0.1) is 11.7 Å². The lowest BCUT2D eigenvalue weighted by Gasteiger charge is -2.31. The average molecular weight is 381 g/mol. The van der Waals surface area contributed by atoms with E-state index < -0.39 is 0 Å². The lowest BCUT2D eigenvalue weighted by atomic mass is 9.94. The van der Waals surface area contributed by atoms with E-state index >= 15 is 0 Å². The van der Waals surface area contributed by atoms with E-state index in [-0.39, 0.29) is 29.2 Å². The quantitative estimate of drug-likeness (QED) is 0.859. The van der Waals surface area contributed by atoms with Gasteiger partial charge in [0.1, 0.15) is 5.82 Å². The number of hydrogen-bond donors (Lipinski definition) is 2. The summed E-state index contributed by atoms with van der Waals surface area (Å²) in [5.41, 5.74) is 2.57. The number of fused-ring (bicyclic) bond motifs is 1. The van der Waals surface area contributed by atoms with Gasteiger partial charge in [-0.05, 0) is 55.1 Å². The fourth-order valence-corrected chi connectivity index (χ4v) is 3.97. The largest absolute Gasteiger partial charge is 0.339 e. The van der Waals surface area contributed by atoms with Crippen LogP contribution in [0.15, 0.2) is 42.5 Å². The van der Waals surface area contributed by atoms with Crippen molar-refractivity contribution in [2.45, 2.75) is 25.8 Å². The maximum atomic E-state index is 14.7. The van der Waals surface area contributed by atoms with Crippen molar-refractivity contribution in [2.24, 2.45) is 5.92 Å². The molecular formula is C22H24FN3O2. The minimum Gasteiger partial charge on any atom is -0.339 e. The van der Waals surface area contributed by atoms with Gasteiger partial charge < -0.3 is 15.5 Å². The van der Waals surface area contributed by atoms with Crippen molar-refractivity contribution in [3.63, 3.8) is 0 Å². The van der Waals surface area contributed by atoms with E-state index in [1.54, 1.807) is 23.1 Å². The molecule has 0 radical (unpaired) electrons. The van der Waals surface area contributed by atoms with E-state index in [4.69, 9.17) is 0 Å². The molecular weight excluding hydrogens is 357 g/mol. The molecule has 5 nitrogen and oxygen atoms in total. The predicted octanol–water partition coefficient (Wildman–Crippen LogP) is 2.96. The van der Waals surface area contributed by atoms with Gasteiger partial charge in [0.15, 0.2) is 0 Å². The first-order chi connectivity index (χ1) is 13.6. The van der Waals surface area contributed by atoms with E-state index in [9.17, 15) is 14.0 Å². The number of nitrogens with zero attached hydrogens (tertiary/aromatic N) is 1. The highest BCUT2D eigenvalue weighted by atomic mass is 19.1. The molecule has 4 rings (SSSR count). The van der Waals surface area contributed by atoms with Crippen molar-refractivity contribution >= 4 is 17.5 Å². The number of nitrogens with one attached hydrogen (secondary N) is 2. The molecule has 0 unspecified atom stereocenters. The first-order valence-electron chi connectivity index (χ1n) is 9.79. The summed E-state index contributed by atoms with van der Waals surface area (Å²) in [4.78, 5) is 26.9. The van der Waals surface area contributed by atoms with Gasteiger partial charge in [-0.1, -0.05) is 24.3 Å². The molecule has 1 saturated heterocycles. The van der Waals surface area contributed by atoms with Crippen LogP contribution in [-0.2, 0) is 17.8 Å². The molecule has 2 aromatic rings. The minimum atomic E-state index is -0.316. The Balaban J connectivity index is 1.36. The number of halogens is 1. The van der Waals surface area contributed by atoms with Gasteiger partial charge >= 0.3 is 0 Å². The van der Waals surface area contributed by atoms with E-state index in [2.05, 4.69) is 10.6 Å². The molecule has 0 saturated carbocycles. The molecule has 2 aliphatic heterocycles. The van der Waals surface area contributed by atoms with Crippen molar-refractivity contribution in [1.29, 1.82) is 0 Å². The molecule has 2 aliphatic rings. The maximum Gasteiger partial charge on any atom is 0.253 e. The predicted molar refractivity (Wildman–Crippen MR) is 106 cm³/mol. The Morgan fingerprint density at radius 3 is 2.57 bits per heavy atom. The van der Waals surface area contributed by atoms with E-state index in [1.807, 2.05) is 24.3 Å². The molecule has 2 heterocycles. The Hall–Kier alpha value is -2.73. The smallest absolute Gasteiger partial charge is 0.253 e. The van der Waals surface area contributed by atoms with Gasteiger partial charge in [-0.15, -0.1) is 0 Å². The second-order valence-corrected chi connectivity index (χ2v) is 7.41. The number of likely N-dealkylation sites (tertiary alicyclic amines) is 1. The van der Waals surface area contributed by atoms with Gasteiger partial charge in [0.05, 0.1) is 5.69 Å². The van der Waals surface area contributed by atoms with Gasteiger partial charge in [0.2, 0.25) is 5.91 Å². The summed E-state index contributed by atoms with van der Waals surface area (Å²) in [7, 11) is 0. The lowest BCUT2D eigenvalue weighted by Crippen LogP contribution is -2.41. The summed E-state index contributed by atoms with van der Waals surface area (Å²) < 4.78 is 14.7. The molecule has 2 aromatic carbocycles. The summed E-state index contributed by atoms with van der Waals surface area (Å²) in [6, 6.07) is 12.7. The van der Waals surface area contributed by atoms with Crippen LogP contribution in [0.2, 0.25) is 0 Å². The number of amides is 2. The van der Waals surface area contributed by atoms with Crippen molar-refractivity contribution in [3.8, 4) is 0 Å². The SMILES string of the molecule is O=C(Nc1ccc2c(c1F)CCNC2)C1CCN(C(=O)c2ccccc2)CC1. The van der Waals surface area contributed by atoms with Gasteiger partial charge in [-0.3, -0.25) is 9.59 Å². The van der Waals surface area contributed by atoms with E-state index in [1.165, 1.54) is 0 Å². The van der Waals surface area contributed by atoms with Crippen LogP contribution in [0.3, 0.4) is 0 Å². The Morgan fingerprint density at radius 1 is 1.07 bits per heavy atom. The first kappa shape index (κ1) is 18.6. The standard InChI is InChI=1S/C22H24FN3O2/c23-20-18-8-11-24-14-17(18)6-7-19(20)25-21(27)15-9-12-26(13-10-15)22(28)16-4-2-1-3-5-16/h1-7,15,24H,8-14H2,(H,25,27). The third kappa shape index (κ3) is 3.78. The van der Waals surface area contributed by atoms with Crippen molar-refractivity contribution in [2.75, 3.05) is 25.0 Å². The molecule has 0 spiro atoms. The zero-order valence-electron chi connectivity index (χ0n) is 15.7. The monoisotopic (exact) mass is 381 g/mol. The number of anilines is 1. The lowest BCUT2D eigenvalue weighted by molar-refractivity contribution is -0.121. The third-order valence-corrected chi connectivity index (χ3v) is 5.64. The van der Waals surface area contributed by atoms with E-state index in [0.29, 0.717) is 50.0 Å². The Kier molecular flexibility index (Phi) is 5.39. The summed E-state index contributed by atoms with van der Waals surface area (Å²) in [6.07, 6.45) is 1.80.